The summed E-state index contributed by atoms with van der Waals surface area (Å²) in [6.07, 6.45) is 1.63. The van der Waals surface area contributed by atoms with Crippen molar-refractivity contribution in [2.24, 2.45) is 0 Å². The van der Waals surface area contributed by atoms with E-state index in [1.54, 1.807) is 24.4 Å². The van der Waals surface area contributed by atoms with Crippen molar-refractivity contribution in [2.75, 3.05) is 5.73 Å². The Labute approximate surface area is 124 Å². The molecular formula is C15H10ClFN2S. The molecule has 0 bridgehead atoms. The molecular weight excluding hydrogens is 295 g/mol. The number of nitrogen functional groups attached to an aromatic ring is 1. The lowest BCUT2D eigenvalue weighted by Gasteiger charge is -2.09. The number of rotatable bonds is 2. The highest BCUT2D eigenvalue weighted by Crippen LogP contribution is 2.37. The van der Waals surface area contributed by atoms with Gasteiger partial charge in [0.1, 0.15) is 5.82 Å². The smallest absolute Gasteiger partial charge is 0.141 e. The van der Waals surface area contributed by atoms with Gasteiger partial charge in [0.25, 0.3) is 0 Å². The molecule has 0 saturated heterocycles. The maximum Gasteiger partial charge on any atom is 0.141 e. The zero-order valence-corrected chi connectivity index (χ0v) is 11.9. The Kier molecular flexibility index (Phi) is 3.51. The van der Waals surface area contributed by atoms with Crippen LogP contribution in [0.3, 0.4) is 0 Å². The van der Waals surface area contributed by atoms with Gasteiger partial charge >= 0.3 is 0 Å². The van der Waals surface area contributed by atoms with Gasteiger partial charge in [-0.25, -0.2) is 4.39 Å². The Bertz CT molecular complexity index is 792. The Morgan fingerprint density at radius 3 is 2.80 bits per heavy atom. The molecule has 0 amide bonds. The minimum absolute atomic E-state index is 0.376. The van der Waals surface area contributed by atoms with Crippen molar-refractivity contribution in [1.82, 2.24) is 4.98 Å². The van der Waals surface area contributed by atoms with E-state index in [-0.39, 0.29) is 5.82 Å². The Morgan fingerprint density at radius 2 is 2.00 bits per heavy atom. The highest BCUT2D eigenvalue weighted by molar-refractivity contribution is 7.99. The molecule has 2 N–H and O–H groups in total. The lowest BCUT2D eigenvalue weighted by Crippen LogP contribution is -1.94. The molecule has 3 rings (SSSR count). The number of fused-ring (bicyclic) bond motifs is 1. The first kappa shape index (κ1) is 13.2. The third-order valence-corrected chi connectivity index (χ3v) is 4.17. The zero-order valence-electron chi connectivity index (χ0n) is 10.3. The number of pyridine rings is 1. The lowest BCUT2D eigenvalue weighted by atomic mass is 10.2. The molecule has 0 radical (unpaired) electrons. The van der Waals surface area contributed by atoms with E-state index in [4.69, 9.17) is 17.3 Å². The van der Waals surface area contributed by atoms with Crippen molar-refractivity contribution >= 4 is 40.0 Å². The number of aromatic nitrogens is 1. The van der Waals surface area contributed by atoms with Gasteiger partial charge in [0, 0.05) is 27.2 Å². The molecule has 5 heteroatoms. The second-order valence-electron chi connectivity index (χ2n) is 4.24. The number of nitrogens with two attached hydrogens (primary N) is 1. The van der Waals surface area contributed by atoms with Crippen molar-refractivity contribution in [1.29, 1.82) is 0 Å². The highest BCUT2D eigenvalue weighted by Gasteiger charge is 2.13. The molecule has 0 fully saturated rings. The first-order valence-electron chi connectivity index (χ1n) is 5.91. The van der Waals surface area contributed by atoms with E-state index in [9.17, 15) is 4.39 Å². The lowest BCUT2D eigenvalue weighted by molar-refractivity contribution is 0.605. The molecule has 0 aliphatic rings. The van der Waals surface area contributed by atoms with Gasteiger partial charge in [0.15, 0.2) is 0 Å². The summed E-state index contributed by atoms with van der Waals surface area (Å²) < 4.78 is 14.2. The molecule has 1 aromatic heterocycles. The van der Waals surface area contributed by atoms with Gasteiger partial charge in [0.05, 0.1) is 10.4 Å². The summed E-state index contributed by atoms with van der Waals surface area (Å²) >= 11 is 7.24. The monoisotopic (exact) mass is 304 g/mol. The van der Waals surface area contributed by atoms with Gasteiger partial charge in [0.2, 0.25) is 0 Å². The molecule has 2 aromatic carbocycles. The van der Waals surface area contributed by atoms with E-state index >= 15 is 0 Å². The van der Waals surface area contributed by atoms with Crippen molar-refractivity contribution in [3.05, 3.63) is 59.5 Å². The summed E-state index contributed by atoms with van der Waals surface area (Å²) in [7, 11) is 0. The van der Waals surface area contributed by atoms with E-state index in [1.165, 1.54) is 17.8 Å². The SMILES string of the molecule is Nc1cc(F)c(Sc2cccc(Cl)c2)c2ncccc12. The maximum absolute atomic E-state index is 14.2. The Morgan fingerprint density at radius 1 is 1.15 bits per heavy atom. The fourth-order valence-electron chi connectivity index (χ4n) is 1.96. The molecule has 0 aliphatic carbocycles. The van der Waals surface area contributed by atoms with Crippen LogP contribution in [-0.4, -0.2) is 4.98 Å². The minimum Gasteiger partial charge on any atom is -0.398 e. The summed E-state index contributed by atoms with van der Waals surface area (Å²) in [4.78, 5) is 5.56. The van der Waals surface area contributed by atoms with Crippen LogP contribution in [0.25, 0.3) is 10.9 Å². The molecule has 1 heterocycles. The van der Waals surface area contributed by atoms with Crippen LogP contribution in [0.4, 0.5) is 10.1 Å². The van der Waals surface area contributed by atoms with Crippen molar-refractivity contribution < 1.29 is 4.39 Å². The number of nitrogens with zero attached hydrogens (tertiary/aromatic N) is 1. The van der Waals surface area contributed by atoms with Crippen LogP contribution in [0.2, 0.25) is 5.02 Å². The second kappa shape index (κ2) is 5.31. The number of anilines is 1. The van der Waals surface area contributed by atoms with E-state index in [0.29, 0.717) is 21.1 Å². The minimum atomic E-state index is -0.376. The number of halogens is 2. The van der Waals surface area contributed by atoms with Gasteiger partial charge in [-0.3, -0.25) is 4.98 Å². The van der Waals surface area contributed by atoms with Crippen molar-refractivity contribution in [2.45, 2.75) is 9.79 Å². The fourth-order valence-corrected chi connectivity index (χ4v) is 3.20. The predicted octanol–water partition coefficient (Wildman–Crippen LogP) is 4.76. The predicted molar refractivity (Wildman–Crippen MR) is 81.7 cm³/mol. The van der Waals surface area contributed by atoms with E-state index in [0.717, 1.165) is 10.3 Å². The highest BCUT2D eigenvalue weighted by atomic mass is 35.5. The van der Waals surface area contributed by atoms with E-state index in [1.807, 2.05) is 18.2 Å². The normalized spacial score (nSPS) is 10.9. The zero-order chi connectivity index (χ0) is 14.1. The number of benzene rings is 2. The molecule has 0 atom stereocenters. The summed E-state index contributed by atoms with van der Waals surface area (Å²) in [5.41, 5.74) is 6.79. The summed E-state index contributed by atoms with van der Waals surface area (Å²) in [6, 6.07) is 12.2. The van der Waals surface area contributed by atoms with E-state index in [2.05, 4.69) is 4.98 Å². The van der Waals surface area contributed by atoms with E-state index < -0.39 is 0 Å². The molecule has 0 spiro atoms. The summed E-state index contributed by atoms with van der Waals surface area (Å²) in [5.74, 6) is -0.376. The first-order chi connectivity index (χ1) is 9.65. The van der Waals surface area contributed by atoms with Gasteiger partial charge in [-0.05, 0) is 36.4 Å². The van der Waals surface area contributed by atoms with Crippen LogP contribution in [0.5, 0.6) is 0 Å². The van der Waals surface area contributed by atoms with Crippen LogP contribution >= 0.6 is 23.4 Å². The van der Waals surface area contributed by atoms with Gasteiger partial charge < -0.3 is 5.73 Å². The van der Waals surface area contributed by atoms with Crippen LogP contribution in [-0.2, 0) is 0 Å². The molecule has 0 aliphatic heterocycles. The molecule has 2 nitrogen and oxygen atoms in total. The third-order valence-electron chi connectivity index (χ3n) is 2.85. The largest absolute Gasteiger partial charge is 0.398 e. The second-order valence-corrected chi connectivity index (χ2v) is 5.76. The third kappa shape index (κ3) is 2.44. The van der Waals surface area contributed by atoms with Crippen molar-refractivity contribution in [3.63, 3.8) is 0 Å². The standard InChI is InChI=1S/C15H10ClFN2S/c16-9-3-1-4-10(7-9)20-15-12(17)8-13(18)11-5-2-6-19-14(11)15/h1-8H,18H2. The molecule has 0 unspecified atom stereocenters. The van der Waals surface area contributed by atoms with Gasteiger partial charge in [-0.15, -0.1) is 0 Å². The van der Waals surface area contributed by atoms with Crippen LogP contribution in [0, 0.1) is 5.82 Å². The first-order valence-corrected chi connectivity index (χ1v) is 7.11. The molecule has 3 aromatic rings. The van der Waals surface area contributed by atoms with Crippen LogP contribution in [0.15, 0.2) is 58.5 Å². The average molecular weight is 305 g/mol. The molecule has 0 saturated carbocycles. The topological polar surface area (TPSA) is 38.9 Å². The molecule has 20 heavy (non-hydrogen) atoms. The Balaban J connectivity index is 2.16. The fraction of sp³-hybridized carbons (Fsp3) is 0. The van der Waals surface area contributed by atoms with Gasteiger partial charge in [-0.1, -0.05) is 29.4 Å². The summed E-state index contributed by atoms with van der Waals surface area (Å²) in [5, 5.41) is 1.36. The average Bonchev–Trinajstić information content (AvgIpc) is 2.43. The maximum atomic E-state index is 14.2. The van der Waals surface area contributed by atoms with Crippen LogP contribution < -0.4 is 5.73 Å². The Hall–Kier alpha value is -1.78. The summed E-state index contributed by atoms with van der Waals surface area (Å²) in [6.45, 7) is 0. The number of hydrogen-bond donors (Lipinski definition) is 1. The van der Waals surface area contributed by atoms with Gasteiger partial charge in [-0.2, -0.15) is 0 Å². The van der Waals surface area contributed by atoms with Crippen LogP contribution in [0.1, 0.15) is 0 Å². The molecule has 100 valence electrons. The quantitative estimate of drug-likeness (QED) is 0.694. The number of hydrogen-bond acceptors (Lipinski definition) is 3. The van der Waals surface area contributed by atoms with Crippen molar-refractivity contribution in [3.8, 4) is 0 Å².